The second kappa shape index (κ2) is 6.86. The van der Waals surface area contributed by atoms with Crippen molar-refractivity contribution in [3.63, 3.8) is 0 Å². The summed E-state index contributed by atoms with van der Waals surface area (Å²) < 4.78 is 0. The number of amides is 1. The normalized spacial score (nSPS) is 22.1. The first-order chi connectivity index (χ1) is 7.63. The fourth-order valence-corrected chi connectivity index (χ4v) is 2.01. The van der Waals surface area contributed by atoms with Crippen LogP contribution in [0.25, 0.3) is 0 Å². The third-order valence-corrected chi connectivity index (χ3v) is 3.11. The van der Waals surface area contributed by atoms with E-state index in [1.54, 1.807) is 4.90 Å². The van der Waals surface area contributed by atoms with Crippen LogP contribution in [-0.2, 0) is 4.79 Å². The highest BCUT2D eigenvalue weighted by molar-refractivity contribution is 5.77. The molecule has 4 heteroatoms. The molecule has 1 heterocycles. The molecule has 1 atom stereocenters. The quantitative estimate of drug-likeness (QED) is 0.753. The number of aliphatic hydroxyl groups excluding tert-OH is 1. The van der Waals surface area contributed by atoms with Crippen LogP contribution in [0.4, 0.5) is 0 Å². The van der Waals surface area contributed by atoms with Crippen molar-refractivity contribution in [1.82, 2.24) is 9.80 Å². The Morgan fingerprint density at radius 1 is 1.56 bits per heavy atom. The Balaban J connectivity index is 2.26. The number of β-amino-alcohol motifs (C(OH)–C–C–N with tert-alkyl or cyclic N) is 1. The van der Waals surface area contributed by atoms with Crippen molar-refractivity contribution in [1.29, 1.82) is 0 Å². The van der Waals surface area contributed by atoms with Crippen molar-refractivity contribution in [2.45, 2.75) is 38.7 Å². The van der Waals surface area contributed by atoms with Gasteiger partial charge in [-0.3, -0.25) is 9.69 Å². The molecule has 1 rings (SSSR count). The van der Waals surface area contributed by atoms with Gasteiger partial charge in [-0.25, -0.2) is 0 Å². The highest BCUT2D eigenvalue weighted by atomic mass is 16.3. The third kappa shape index (κ3) is 4.49. The van der Waals surface area contributed by atoms with Gasteiger partial charge >= 0.3 is 0 Å². The Morgan fingerprint density at radius 2 is 2.31 bits per heavy atom. The first kappa shape index (κ1) is 13.5. The molecule has 0 bridgehead atoms. The molecule has 0 aromatic heterocycles. The van der Waals surface area contributed by atoms with E-state index in [0.29, 0.717) is 13.1 Å². The second-order valence-corrected chi connectivity index (χ2v) is 4.70. The predicted octanol–water partition coefficient (Wildman–Crippen LogP) is 0.702. The Labute approximate surface area is 98.2 Å². The lowest BCUT2D eigenvalue weighted by Crippen LogP contribution is -2.44. The first-order valence-electron chi connectivity index (χ1n) is 6.28. The average molecular weight is 228 g/mol. The van der Waals surface area contributed by atoms with E-state index in [2.05, 4.69) is 11.8 Å². The summed E-state index contributed by atoms with van der Waals surface area (Å²) in [5.41, 5.74) is 0. The van der Waals surface area contributed by atoms with Crippen LogP contribution in [0, 0.1) is 0 Å². The number of likely N-dealkylation sites (tertiary alicyclic amines) is 1. The number of nitrogens with zero attached hydrogens (tertiary/aromatic N) is 2. The van der Waals surface area contributed by atoms with Gasteiger partial charge in [-0.05, 0) is 25.8 Å². The highest BCUT2D eigenvalue weighted by Crippen LogP contribution is 2.09. The van der Waals surface area contributed by atoms with Crippen LogP contribution in [0.5, 0.6) is 0 Å². The maximum Gasteiger partial charge on any atom is 0.236 e. The van der Waals surface area contributed by atoms with Crippen LogP contribution >= 0.6 is 0 Å². The van der Waals surface area contributed by atoms with Crippen LogP contribution in [0.15, 0.2) is 0 Å². The lowest BCUT2D eigenvalue weighted by Gasteiger charge is -2.30. The summed E-state index contributed by atoms with van der Waals surface area (Å²) in [5.74, 6) is 0.169. The van der Waals surface area contributed by atoms with E-state index in [1.165, 1.54) is 0 Å². The van der Waals surface area contributed by atoms with Crippen LogP contribution in [-0.4, -0.2) is 60.1 Å². The molecule has 1 aliphatic rings. The Morgan fingerprint density at radius 3 is 2.94 bits per heavy atom. The van der Waals surface area contributed by atoms with Crippen molar-refractivity contribution >= 4 is 5.91 Å². The van der Waals surface area contributed by atoms with Gasteiger partial charge < -0.3 is 10.0 Å². The monoisotopic (exact) mass is 228 g/mol. The number of rotatable bonds is 5. The van der Waals surface area contributed by atoms with E-state index in [0.717, 1.165) is 38.8 Å². The van der Waals surface area contributed by atoms with Crippen molar-refractivity contribution < 1.29 is 9.90 Å². The highest BCUT2D eigenvalue weighted by Gasteiger charge is 2.20. The number of aliphatic hydroxyl groups is 1. The van der Waals surface area contributed by atoms with E-state index in [1.807, 2.05) is 7.05 Å². The number of hydrogen-bond donors (Lipinski definition) is 1. The van der Waals surface area contributed by atoms with E-state index >= 15 is 0 Å². The molecule has 0 radical (unpaired) electrons. The summed E-state index contributed by atoms with van der Waals surface area (Å²) in [5, 5.41) is 9.51. The lowest BCUT2D eigenvalue weighted by molar-refractivity contribution is -0.131. The van der Waals surface area contributed by atoms with Gasteiger partial charge in [0.1, 0.15) is 0 Å². The molecular weight excluding hydrogens is 204 g/mol. The maximum absolute atomic E-state index is 11.8. The van der Waals surface area contributed by atoms with E-state index in [9.17, 15) is 9.90 Å². The molecular formula is C12H24N2O2. The number of hydrogen-bond acceptors (Lipinski definition) is 3. The molecule has 94 valence electrons. The fourth-order valence-electron chi connectivity index (χ4n) is 2.01. The predicted molar refractivity (Wildman–Crippen MR) is 64.2 cm³/mol. The van der Waals surface area contributed by atoms with Gasteiger partial charge in [0.25, 0.3) is 0 Å². The molecule has 0 aromatic rings. The summed E-state index contributed by atoms with van der Waals surface area (Å²) in [6, 6.07) is 0. The summed E-state index contributed by atoms with van der Waals surface area (Å²) >= 11 is 0. The van der Waals surface area contributed by atoms with Gasteiger partial charge in [-0.15, -0.1) is 0 Å². The van der Waals surface area contributed by atoms with Crippen molar-refractivity contribution in [2.24, 2.45) is 0 Å². The molecule has 0 aromatic carbocycles. The lowest BCUT2D eigenvalue weighted by atomic mass is 10.1. The minimum atomic E-state index is -0.248. The van der Waals surface area contributed by atoms with Gasteiger partial charge in [0, 0.05) is 20.1 Å². The zero-order valence-electron chi connectivity index (χ0n) is 10.5. The number of carbonyl (C=O) groups excluding carboxylic acids is 1. The maximum atomic E-state index is 11.8. The summed E-state index contributed by atoms with van der Waals surface area (Å²) in [4.78, 5) is 15.7. The van der Waals surface area contributed by atoms with Gasteiger partial charge in [0.15, 0.2) is 0 Å². The van der Waals surface area contributed by atoms with Crippen molar-refractivity contribution in [3.05, 3.63) is 0 Å². The molecule has 0 saturated carbocycles. The molecule has 1 amide bonds. The SMILES string of the molecule is CCCCN(C)C(=O)CN1CCC[C@H](O)C1. The van der Waals surface area contributed by atoms with Gasteiger partial charge in [-0.1, -0.05) is 13.3 Å². The number of unbranched alkanes of at least 4 members (excludes halogenated alkanes) is 1. The van der Waals surface area contributed by atoms with Crippen LogP contribution in [0.1, 0.15) is 32.6 Å². The average Bonchev–Trinajstić information content (AvgIpc) is 2.25. The molecule has 1 N–H and O–H groups in total. The number of carbonyl (C=O) groups is 1. The minimum Gasteiger partial charge on any atom is -0.392 e. The standard InChI is InChI=1S/C12H24N2O2/c1-3-4-7-13(2)12(16)10-14-8-5-6-11(15)9-14/h11,15H,3-10H2,1-2H3/t11-/m0/s1. The molecule has 4 nitrogen and oxygen atoms in total. The third-order valence-electron chi connectivity index (χ3n) is 3.11. The van der Waals surface area contributed by atoms with Crippen LogP contribution in [0.2, 0.25) is 0 Å². The van der Waals surface area contributed by atoms with Crippen LogP contribution in [0.3, 0.4) is 0 Å². The fraction of sp³-hybridized carbons (Fsp3) is 0.917. The Hall–Kier alpha value is -0.610. The zero-order chi connectivity index (χ0) is 12.0. The summed E-state index contributed by atoms with van der Waals surface area (Å²) in [6.45, 7) is 5.00. The molecule has 0 spiro atoms. The molecule has 1 saturated heterocycles. The van der Waals surface area contributed by atoms with Gasteiger partial charge in [0.2, 0.25) is 5.91 Å². The minimum absolute atomic E-state index is 0.169. The smallest absolute Gasteiger partial charge is 0.236 e. The number of piperidine rings is 1. The van der Waals surface area contributed by atoms with E-state index in [4.69, 9.17) is 0 Å². The Kier molecular flexibility index (Phi) is 5.77. The van der Waals surface area contributed by atoms with Crippen LogP contribution < -0.4 is 0 Å². The van der Waals surface area contributed by atoms with Crippen molar-refractivity contribution in [3.8, 4) is 0 Å². The van der Waals surface area contributed by atoms with E-state index in [-0.39, 0.29) is 12.0 Å². The summed E-state index contributed by atoms with van der Waals surface area (Å²) in [6.07, 6.45) is 3.79. The molecule has 16 heavy (non-hydrogen) atoms. The molecule has 0 aliphatic carbocycles. The van der Waals surface area contributed by atoms with Gasteiger partial charge in [0.05, 0.1) is 12.6 Å². The number of likely N-dealkylation sites (N-methyl/N-ethyl adjacent to an activating group) is 1. The molecule has 0 unspecified atom stereocenters. The van der Waals surface area contributed by atoms with E-state index < -0.39 is 0 Å². The Bertz CT molecular complexity index is 221. The summed E-state index contributed by atoms with van der Waals surface area (Å²) in [7, 11) is 1.86. The topological polar surface area (TPSA) is 43.8 Å². The largest absolute Gasteiger partial charge is 0.392 e. The first-order valence-corrected chi connectivity index (χ1v) is 6.28. The van der Waals surface area contributed by atoms with Gasteiger partial charge in [-0.2, -0.15) is 0 Å². The zero-order valence-corrected chi connectivity index (χ0v) is 10.5. The second-order valence-electron chi connectivity index (χ2n) is 4.70. The molecule has 1 aliphatic heterocycles. The van der Waals surface area contributed by atoms with Crippen molar-refractivity contribution in [2.75, 3.05) is 33.2 Å². The molecule has 1 fully saturated rings.